The van der Waals surface area contributed by atoms with Crippen LogP contribution in [0, 0.1) is 6.92 Å². The number of sulfonamides is 1. The smallest absolute Gasteiger partial charge is 0.435 e. The Morgan fingerprint density at radius 1 is 0.958 bits per heavy atom. The number of carbonyl (C=O) groups is 5. The first-order valence-electron chi connectivity index (χ1n) is 22.8. The molecule has 2 aliphatic rings. The highest BCUT2D eigenvalue weighted by Crippen LogP contribution is 2.40. The summed E-state index contributed by atoms with van der Waals surface area (Å²) >= 11 is 1.85. The molecular formula is C46H54F3N11O9S2. The van der Waals surface area contributed by atoms with E-state index >= 15 is 0 Å². The number of urea groups is 1. The van der Waals surface area contributed by atoms with Crippen molar-refractivity contribution < 1.29 is 55.4 Å². The molecule has 4 atom stereocenters. The van der Waals surface area contributed by atoms with E-state index in [-0.39, 0.29) is 93.7 Å². The molecule has 380 valence electrons. The third kappa shape index (κ3) is 15.1. The average molecular weight is 1030 g/mol. The summed E-state index contributed by atoms with van der Waals surface area (Å²) in [6.45, 7) is 2.24. The number of hydrogen-bond acceptors (Lipinski definition) is 12. The van der Waals surface area contributed by atoms with Crippen molar-refractivity contribution in [3.05, 3.63) is 94.0 Å². The van der Waals surface area contributed by atoms with Crippen molar-refractivity contribution in [1.82, 2.24) is 36.4 Å². The predicted molar refractivity (Wildman–Crippen MR) is 256 cm³/mol. The van der Waals surface area contributed by atoms with Gasteiger partial charge in [-0.05, 0) is 118 Å². The van der Waals surface area contributed by atoms with Gasteiger partial charge in [-0.1, -0.05) is 30.1 Å². The minimum atomic E-state index is -4.94. The van der Waals surface area contributed by atoms with Gasteiger partial charge >= 0.3 is 18.2 Å². The van der Waals surface area contributed by atoms with Crippen molar-refractivity contribution >= 4 is 57.2 Å². The zero-order valence-corrected chi connectivity index (χ0v) is 40.2. The molecule has 25 heteroatoms. The number of ether oxygens (including phenoxy) is 1. The molecule has 0 bridgehead atoms. The fraction of sp³-hybridized carbons (Fsp3) is 0.435. The minimum Gasteiger partial charge on any atom is -0.507 e. The van der Waals surface area contributed by atoms with E-state index in [1.54, 1.807) is 0 Å². The number of aromatic nitrogens is 2. The summed E-state index contributed by atoms with van der Waals surface area (Å²) in [5.74, 6) is -1.61. The van der Waals surface area contributed by atoms with Crippen molar-refractivity contribution in [3.8, 4) is 28.4 Å². The molecule has 0 saturated carbocycles. The molecule has 0 aliphatic carbocycles. The van der Waals surface area contributed by atoms with Gasteiger partial charge < -0.3 is 36.4 Å². The number of rotatable bonds is 24. The molecular weight excluding hydrogens is 972 g/mol. The fourth-order valence-corrected chi connectivity index (χ4v) is 10.1. The molecule has 5 amide bonds. The molecule has 2 fully saturated rings. The van der Waals surface area contributed by atoms with E-state index in [9.17, 15) is 50.7 Å². The predicted octanol–water partition coefficient (Wildman–Crippen LogP) is 6.55. The lowest BCUT2D eigenvalue weighted by molar-refractivity contribution is -0.141. The number of azide groups is 1. The van der Waals surface area contributed by atoms with Crippen LogP contribution in [-0.4, -0.2) is 95.2 Å². The van der Waals surface area contributed by atoms with Crippen LogP contribution >= 0.6 is 11.8 Å². The Morgan fingerprint density at radius 2 is 1.62 bits per heavy atom. The molecule has 0 unspecified atom stereocenters. The van der Waals surface area contributed by atoms with Crippen molar-refractivity contribution in [1.29, 1.82) is 0 Å². The Hall–Kier alpha value is -6.82. The molecule has 71 heavy (non-hydrogen) atoms. The lowest BCUT2D eigenvalue weighted by Gasteiger charge is -2.19. The summed E-state index contributed by atoms with van der Waals surface area (Å²) in [4.78, 5) is 66.2. The van der Waals surface area contributed by atoms with Gasteiger partial charge in [-0.3, -0.25) is 14.4 Å². The molecule has 3 heterocycles. The number of amides is 5. The van der Waals surface area contributed by atoms with Crippen LogP contribution < -0.4 is 36.5 Å². The number of nitrogens with two attached hydrogens (primary N) is 1. The van der Waals surface area contributed by atoms with E-state index in [0.717, 1.165) is 54.3 Å². The summed E-state index contributed by atoms with van der Waals surface area (Å²) in [7, 11) is -4.14. The summed E-state index contributed by atoms with van der Waals surface area (Å²) < 4.78 is 72.3. The molecule has 0 radical (unpaired) electrons. The van der Waals surface area contributed by atoms with Crippen LogP contribution in [0.1, 0.15) is 92.2 Å². The van der Waals surface area contributed by atoms with Crippen molar-refractivity contribution in [3.63, 3.8) is 0 Å². The Bertz CT molecular complexity index is 2730. The molecule has 20 nitrogen and oxygen atoms in total. The van der Waals surface area contributed by atoms with Crippen LogP contribution in [0.2, 0.25) is 0 Å². The zero-order valence-electron chi connectivity index (χ0n) is 38.5. The maximum atomic E-state index is 14.0. The van der Waals surface area contributed by atoms with Gasteiger partial charge in [0.15, 0.2) is 5.69 Å². The van der Waals surface area contributed by atoms with Crippen LogP contribution in [-0.2, 0) is 30.6 Å². The van der Waals surface area contributed by atoms with Gasteiger partial charge in [0, 0.05) is 58.7 Å². The maximum absolute atomic E-state index is 14.0. The van der Waals surface area contributed by atoms with Gasteiger partial charge in [0.25, 0.3) is 5.91 Å². The number of phenols is 1. The summed E-state index contributed by atoms with van der Waals surface area (Å²) in [6.07, 6.45) is 1.15. The largest absolute Gasteiger partial charge is 0.507 e. The van der Waals surface area contributed by atoms with Crippen molar-refractivity contribution in [2.24, 2.45) is 10.3 Å². The molecule has 6 rings (SSSR count). The number of alkyl halides is 3. The van der Waals surface area contributed by atoms with E-state index in [1.807, 2.05) is 11.8 Å². The van der Waals surface area contributed by atoms with Gasteiger partial charge in [-0.2, -0.15) is 30.0 Å². The summed E-state index contributed by atoms with van der Waals surface area (Å²) in [5, 5.41) is 38.1. The lowest BCUT2D eigenvalue weighted by atomic mass is 10.0. The zero-order chi connectivity index (χ0) is 51.3. The number of unbranched alkanes of at least 4 members (excludes halogenated alkanes) is 4. The third-order valence-electron chi connectivity index (χ3n) is 11.8. The Balaban J connectivity index is 1.01. The number of aryl methyl sites for hydroxylation is 1. The van der Waals surface area contributed by atoms with Crippen molar-refractivity contribution in [2.45, 2.75) is 112 Å². The van der Waals surface area contributed by atoms with Crippen LogP contribution in [0.3, 0.4) is 0 Å². The highest BCUT2D eigenvalue weighted by molar-refractivity contribution is 8.00. The number of fused-ring (bicyclic) bond motifs is 1. The second kappa shape index (κ2) is 24.3. The van der Waals surface area contributed by atoms with E-state index < -0.39 is 45.6 Å². The number of phenolic OH excluding ortho intramolecular Hbond substituents is 1. The van der Waals surface area contributed by atoms with E-state index in [4.69, 9.17) is 15.4 Å². The number of nitrogens with one attached hydrogen (secondary N) is 5. The van der Waals surface area contributed by atoms with E-state index in [0.29, 0.717) is 50.0 Å². The number of halogens is 3. The van der Waals surface area contributed by atoms with Crippen LogP contribution in [0.5, 0.6) is 11.5 Å². The van der Waals surface area contributed by atoms with Crippen LogP contribution in [0.4, 0.5) is 23.7 Å². The monoisotopic (exact) mass is 1030 g/mol. The normalized spacial score (nSPS) is 16.7. The van der Waals surface area contributed by atoms with Crippen molar-refractivity contribution in [2.75, 3.05) is 18.8 Å². The molecule has 1 aromatic heterocycles. The Morgan fingerprint density at radius 3 is 2.27 bits per heavy atom. The first-order chi connectivity index (χ1) is 33.8. The molecule has 2 saturated heterocycles. The van der Waals surface area contributed by atoms with Gasteiger partial charge in [-0.15, -0.1) is 0 Å². The van der Waals surface area contributed by atoms with Gasteiger partial charge in [-0.25, -0.2) is 27.8 Å². The second-order valence-corrected chi connectivity index (χ2v) is 19.9. The number of carbonyl (C=O) groups excluding carboxylic acids is 5. The molecule has 2 aliphatic heterocycles. The summed E-state index contributed by atoms with van der Waals surface area (Å²) in [6, 6.07) is 12.0. The minimum absolute atomic E-state index is 0.0158. The number of thioether (sulfide) groups is 1. The summed E-state index contributed by atoms with van der Waals surface area (Å²) in [5.41, 5.74) is 7.39. The number of esters is 1. The number of benzene rings is 3. The first-order valence-corrected chi connectivity index (χ1v) is 25.4. The second-order valence-electron chi connectivity index (χ2n) is 17.1. The molecule has 4 aromatic rings. The topological polar surface area (TPSA) is 302 Å². The van der Waals surface area contributed by atoms with E-state index in [2.05, 4.69) is 41.7 Å². The molecule has 3 aromatic carbocycles. The number of nitrogens with zero attached hydrogens (tertiary/aromatic N) is 5. The molecule has 8 N–H and O–H groups in total. The highest BCUT2D eigenvalue weighted by atomic mass is 32.2. The number of aromatic hydroxyl groups is 1. The quantitative estimate of drug-likeness (QED) is 0.00750. The lowest BCUT2D eigenvalue weighted by Crippen LogP contribution is -2.43. The van der Waals surface area contributed by atoms with Crippen LogP contribution in [0.25, 0.3) is 27.4 Å². The number of primary sulfonamides is 1. The van der Waals surface area contributed by atoms with E-state index in [1.165, 1.54) is 49.4 Å². The standard InChI is InChI=1S/C46H54F3N11O9S2/c1-27-23-36(61)32(35-25-39(46(47,48)49)58-60(35)30-17-19-31(20-18-30)71(51,67)68)24-37(27)69-44(65)33(54-43(64)28-13-15-29(16-14-28)57-59-50)9-6-8-22-53-40(62)11-3-2-7-21-52-41(63)12-5-4-10-38-42-34(26-70-38)55-45(66)56-42/h13-20,23-25,33-34,38,42,61H,2-12,21-22,26H2,1H3,(H,52,63)(H,53,62)(H,54,64)(H2,51,67,68)(H2,55,56,66)/t33-,34+,38+,42+/m1/s1. The van der Waals surface area contributed by atoms with Crippen LogP contribution in [0.15, 0.2) is 76.7 Å². The molecule has 0 spiro atoms. The SMILES string of the molecule is Cc1cc(O)c(-c2cc(C(F)(F)F)nn2-c2ccc(S(N)(=O)=O)cc2)cc1OC(=O)[C@@H](CCCCNC(=O)CCCCCNC(=O)CCCC[C@@H]1SC[C@@H]2NC(=O)N[C@@H]21)NC(=O)c1ccc(N=[N+]=[N-])cc1. The highest BCUT2D eigenvalue weighted by Gasteiger charge is 2.42. The first kappa shape index (κ1) is 53.5. The third-order valence-corrected chi connectivity index (χ3v) is 14.2. The Labute approximate surface area is 411 Å². The van der Waals surface area contributed by atoms with Gasteiger partial charge in [0.05, 0.1) is 28.4 Å². The Kier molecular flexibility index (Phi) is 18.4. The maximum Gasteiger partial charge on any atom is 0.435 e. The van der Waals surface area contributed by atoms with Gasteiger partial charge in [0.1, 0.15) is 17.5 Å². The number of hydrogen-bond donors (Lipinski definition) is 7. The van der Waals surface area contributed by atoms with Gasteiger partial charge in [0.2, 0.25) is 21.8 Å². The average Bonchev–Trinajstić information content (AvgIpc) is 4.04. The fourth-order valence-electron chi connectivity index (χ4n) is 8.04.